The van der Waals surface area contributed by atoms with E-state index in [2.05, 4.69) is 15.5 Å². The largest absolute Gasteiger partial charge is 0.378 e. The molecule has 144 valence electrons. The Morgan fingerprint density at radius 3 is 2.46 bits per heavy atom. The fourth-order valence-electron chi connectivity index (χ4n) is 3.38. The molecule has 3 aromatic rings. The Hall–Kier alpha value is -3.32. The first-order chi connectivity index (χ1) is 13.6. The van der Waals surface area contributed by atoms with Crippen molar-refractivity contribution in [2.24, 2.45) is 7.05 Å². The number of para-hydroxylation sites is 1. The SMILES string of the molecule is Cn1c(=O)cc(NC(=O)Nc2ccc(N3CCOCC3)cc2)c2ccccc21. The molecule has 0 aliphatic carbocycles. The summed E-state index contributed by atoms with van der Waals surface area (Å²) in [4.78, 5) is 26.9. The summed E-state index contributed by atoms with van der Waals surface area (Å²) in [5.41, 5.74) is 2.86. The molecular formula is C21H22N4O3. The molecule has 1 aliphatic rings. The van der Waals surface area contributed by atoms with Crippen LogP contribution in [0.3, 0.4) is 0 Å². The van der Waals surface area contributed by atoms with Crippen LogP contribution in [0.5, 0.6) is 0 Å². The Morgan fingerprint density at radius 1 is 1.00 bits per heavy atom. The minimum atomic E-state index is -0.391. The van der Waals surface area contributed by atoms with Gasteiger partial charge in [-0.2, -0.15) is 0 Å². The van der Waals surface area contributed by atoms with Crippen molar-refractivity contribution in [3.8, 4) is 0 Å². The molecule has 0 radical (unpaired) electrons. The fourth-order valence-corrected chi connectivity index (χ4v) is 3.38. The monoisotopic (exact) mass is 378 g/mol. The van der Waals surface area contributed by atoms with Crippen LogP contribution in [0.25, 0.3) is 10.9 Å². The van der Waals surface area contributed by atoms with Gasteiger partial charge in [-0.05, 0) is 30.3 Å². The Balaban J connectivity index is 1.48. The van der Waals surface area contributed by atoms with E-state index in [0.717, 1.165) is 42.9 Å². The molecule has 28 heavy (non-hydrogen) atoms. The van der Waals surface area contributed by atoms with Crippen LogP contribution in [0.15, 0.2) is 59.4 Å². The second-order valence-electron chi connectivity index (χ2n) is 6.70. The van der Waals surface area contributed by atoms with Crippen LogP contribution in [0.4, 0.5) is 21.9 Å². The highest BCUT2D eigenvalue weighted by atomic mass is 16.5. The number of pyridine rings is 1. The molecule has 2 N–H and O–H groups in total. The average molecular weight is 378 g/mol. The predicted octanol–water partition coefficient (Wildman–Crippen LogP) is 3.02. The van der Waals surface area contributed by atoms with E-state index in [1.165, 1.54) is 6.07 Å². The highest BCUT2D eigenvalue weighted by molar-refractivity contribution is 6.05. The Bertz CT molecular complexity index is 1050. The molecule has 1 fully saturated rings. The number of amides is 2. The number of morpholine rings is 1. The van der Waals surface area contributed by atoms with Gasteiger partial charge in [0, 0.05) is 43.0 Å². The number of hydrogen-bond donors (Lipinski definition) is 2. The standard InChI is InChI=1S/C21H22N4O3/c1-24-19-5-3-2-4-17(19)18(14-20(24)26)23-21(27)22-15-6-8-16(9-7-15)25-10-12-28-13-11-25/h2-9,14H,10-13H2,1H3,(H2,22,23,27). The third-order valence-corrected chi connectivity index (χ3v) is 4.90. The van der Waals surface area contributed by atoms with Crippen LogP contribution in [0.2, 0.25) is 0 Å². The van der Waals surface area contributed by atoms with Crippen molar-refractivity contribution >= 4 is 34.0 Å². The number of hydrogen-bond acceptors (Lipinski definition) is 4. The number of urea groups is 1. The Labute approximate surface area is 162 Å². The van der Waals surface area contributed by atoms with Gasteiger partial charge in [0.05, 0.1) is 24.4 Å². The number of nitrogens with one attached hydrogen (secondary N) is 2. The molecule has 1 saturated heterocycles. The summed E-state index contributed by atoms with van der Waals surface area (Å²) in [7, 11) is 1.71. The number of ether oxygens (including phenoxy) is 1. The number of anilines is 3. The van der Waals surface area contributed by atoms with E-state index in [9.17, 15) is 9.59 Å². The Kier molecular flexibility index (Phi) is 4.99. The van der Waals surface area contributed by atoms with E-state index in [4.69, 9.17) is 4.74 Å². The maximum Gasteiger partial charge on any atom is 0.323 e. The molecule has 4 rings (SSSR count). The minimum absolute atomic E-state index is 0.177. The van der Waals surface area contributed by atoms with Crippen molar-refractivity contribution < 1.29 is 9.53 Å². The van der Waals surface area contributed by atoms with Crippen molar-refractivity contribution in [1.29, 1.82) is 0 Å². The van der Waals surface area contributed by atoms with Gasteiger partial charge in [-0.25, -0.2) is 4.79 Å². The fraction of sp³-hybridized carbons (Fsp3) is 0.238. The quantitative estimate of drug-likeness (QED) is 0.735. The summed E-state index contributed by atoms with van der Waals surface area (Å²) >= 11 is 0. The summed E-state index contributed by atoms with van der Waals surface area (Å²) in [6.07, 6.45) is 0. The van der Waals surface area contributed by atoms with Crippen molar-refractivity contribution in [1.82, 2.24) is 4.57 Å². The van der Waals surface area contributed by atoms with Crippen LogP contribution in [-0.2, 0) is 11.8 Å². The van der Waals surface area contributed by atoms with Crippen LogP contribution in [-0.4, -0.2) is 36.9 Å². The molecule has 0 bridgehead atoms. The summed E-state index contributed by atoms with van der Waals surface area (Å²) in [5.74, 6) is 0. The van der Waals surface area contributed by atoms with Crippen molar-refractivity contribution in [3.63, 3.8) is 0 Å². The third-order valence-electron chi connectivity index (χ3n) is 4.90. The molecule has 2 amide bonds. The molecule has 0 saturated carbocycles. The second-order valence-corrected chi connectivity index (χ2v) is 6.70. The molecular weight excluding hydrogens is 356 g/mol. The highest BCUT2D eigenvalue weighted by Crippen LogP contribution is 2.22. The maximum atomic E-state index is 12.5. The Morgan fingerprint density at radius 2 is 1.71 bits per heavy atom. The number of carbonyl (C=O) groups excluding carboxylic acids is 1. The molecule has 1 aromatic heterocycles. The zero-order chi connectivity index (χ0) is 19.5. The zero-order valence-corrected chi connectivity index (χ0v) is 15.6. The lowest BCUT2D eigenvalue weighted by atomic mass is 10.2. The number of benzene rings is 2. The van der Waals surface area contributed by atoms with Gasteiger partial charge in [0.25, 0.3) is 5.56 Å². The number of rotatable bonds is 3. The van der Waals surface area contributed by atoms with Crippen LogP contribution < -0.4 is 21.1 Å². The van der Waals surface area contributed by atoms with Gasteiger partial charge in [-0.15, -0.1) is 0 Å². The van der Waals surface area contributed by atoms with Crippen LogP contribution in [0.1, 0.15) is 0 Å². The van der Waals surface area contributed by atoms with E-state index in [1.54, 1.807) is 11.6 Å². The van der Waals surface area contributed by atoms with E-state index in [0.29, 0.717) is 11.4 Å². The molecule has 2 aromatic carbocycles. The lowest BCUT2D eigenvalue weighted by Gasteiger charge is -2.28. The lowest BCUT2D eigenvalue weighted by Crippen LogP contribution is -2.36. The van der Waals surface area contributed by atoms with E-state index < -0.39 is 6.03 Å². The summed E-state index contributed by atoms with van der Waals surface area (Å²) in [6, 6.07) is 16.2. The molecule has 1 aliphatic heterocycles. The molecule has 7 heteroatoms. The second kappa shape index (κ2) is 7.74. The number of aryl methyl sites for hydroxylation is 1. The van der Waals surface area contributed by atoms with Crippen molar-refractivity contribution in [2.45, 2.75) is 0 Å². The van der Waals surface area contributed by atoms with Crippen LogP contribution >= 0.6 is 0 Å². The first-order valence-corrected chi connectivity index (χ1v) is 9.21. The van der Waals surface area contributed by atoms with Crippen molar-refractivity contribution in [2.75, 3.05) is 41.8 Å². The number of aromatic nitrogens is 1. The van der Waals surface area contributed by atoms with E-state index >= 15 is 0 Å². The van der Waals surface area contributed by atoms with Gasteiger partial charge >= 0.3 is 6.03 Å². The lowest BCUT2D eigenvalue weighted by molar-refractivity contribution is 0.122. The number of fused-ring (bicyclic) bond motifs is 1. The van der Waals surface area contributed by atoms with Crippen LogP contribution in [0, 0.1) is 0 Å². The van der Waals surface area contributed by atoms with Gasteiger partial charge in [-0.1, -0.05) is 18.2 Å². The summed E-state index contributed by atoms with van der Waals surface area (Å²) in [6.45, 7) is 3.19. The van der Waals surface area contributed by atoms with E-state index in [-0.39, 0.29) is 5.56 Å². The smallest absolute Gasteiger partial charge is 0.323 e. The average Bonchev–Trinajstić information content (AvgIpc) is 2.73. The summed E-state index contributed by atoms with van der Waals surface area (Å²) in [5, 5.41) is 6.41. The normalized spacial score (nSPS) is 14.1. The molecule has 0 spiro atoms. The van der Waals surface area contributed by atoms with Gasteiger partial charge in [0.2, 0.25) is 0 Å². The highest BCUT2D eigenvalue weighted by Gasteiger charge is 2.12. The van der Waals surface area contributed by atoms with Gasteiger partial charge in [0.1, 0.15) is 0 Å². The summed E-state index contributed by atoms with van der Waals surface area (Å²) < 4.78 is 6.93. The van der Waals surface area contributed by atoms with Crippen molar-refractivity contribution in [3.05, 3.63) is 65.0 Å². The maximum absolute atomic E-state index is 12.5. The van der Waals surface area contributed by atoms with Gasteiger partial charge < -0.3 is 24.8 Å². The number of nitrogens with zero attached hydrogens (tertiary/aromatic N) is 2. The van der Waals surface area contributed by atoms with E-state index in [1.807, 2.05) is 48.5 Å². The molecule has 2 heterocycles. The number of carbonyl (C=O) groups is 1. The molecule has 0 unspecified atom stereocenters. The van der Waals surface area contributed by atoms with Gasteiger partial charge in [0.15, 0.2) is 0 Å². The predicted molar refractivity (Wildman–Crippen MR) is 111 cm³/mol. The molecule has 0 atom stereocenters. The van der Waals surface area contributed by atoms with Gasteiger partial charge in [-0.3, -0.25) is 4.79 Å². The zero-order valence-electron chi connectivity index (χ0n) is 15.6. The minimum Gasteiger partial charge on any atom is -0.378 e. The molecule has 7 nitrogen and oxygen atoms in total. The first kappa shape index (κ1) is 18.1. The first-order valence-electron chi connectivity index (χ1n) is 9.21. The topological polar surface area (TPSA) is 75.6 Å². The third kappa shape index (κ3) is 3.70.